The Kier molecular flexibility index (Phi) is 5.41. The van der Waals surface area contributed by atoms with Crippen molar-refractivity contribution in [2.75, 3.05) is 7.05 Å². The maximum atomic E-state index is 12.9. The molecule has 0 unspecified atom stereocenters. The number of amides is 1. The van der Waals surface area contributed by atoms with E-state index in [-0.39, 0.29) is 18.3 Å². The topological polar surface area (TPSA) is 59.2 Å². The minimum atomic E-state index is -0.280. The van der Waals surface area contributed by atoms with Gasteiger partial charge in [0.1, 0.15) is 5.82 Å². The van der Waals surface area contributed by atoms with Gasteiger partial charge in [0.25, 0.3) is 0 Å². The van der Waals surface area contributed by atoms with Gasteiger partial charge in [0.2, 0.25) is 17.6 Å². The van der Waals surface area contributed by atoms with Crippen molar-refractivity contribution in [1.82, 2.24) is 15.0 Å². The second kappa shape index (κ2) is 7.91. The molecule has 0 spiro atoms. The Bertz CT molecular complexity index is 890. The van der Waals surface area contributed by atoms with Crippen molar-refractivity contribution in [3.05, 3.63) is 71.4 Å². The number of halogens is 1. The third-order valence-electron chi connectivity index (χ3n) is 4.08. The van der Waals surface area contributed by atoms with E-state index >= 15 is 0 Å². The molecule has 0 aliphatic carbocycles. The predicted molar refractivity (Wildman–Crippen MR) is 95.7 cm³/mol. The first-order chi connectivity index (χ1) is 12.5. The summed E-state index contributed by atoms with van der Waals surface area (Å²) in [4.78, 5) is 18.2. The molecule has 26 heavy (non-hydrogen) atoms. The highest BCUT2D eigenvalue weighted by Gasteiger charge is 2.15. The SMILES string of the molecule is Cc1cccc(-c2noc(CN(C)C(=O)CCc3ccc(F)cc3)n2)c1. The minimum absolute atomic E-state index is 0.0374. The fourth-order valence-corrected chi connectivity index (χ4v) is 2.60. The van der Waals surface area contributed by atoms with Gasteiger partial charge in [-0.25, -0.2) is 4.39 Å². The van der Waals surface area contributed by atoms with Gasteiger partial charge >= 0.3 is 0 Å². The van der Waals surface area contributed by atoms with Gasteiger partial charge in [0.05, 0.1) is 6.54 Å². The van der Waals surface area contributed by atoms with Crippen LogP contribution in [0.1, 0.15) is 23.4 Å². The fourth-order valence-electron chi connectivity index (χ4n) is 2.60. The predicted octanol–water partition coefficient (Wildman–Crippen LogP) is 3.78. The van der Waals surface area contributed by atoms with Crippen LogP contribution in [0.5, 0.6) is 0 Å². The smallest absolute Gasteiger partial charge is 0.246 e. The first kappa shape index (κ1) is 17.8. The van der Waals surface area contributed by atoms with Crippen LogP contribution in [0.2, 0.25) is 0 Å². The van der Waals surface area contributed by atoms with Gasteiger partial charge in [0.15, 0.2) is 0 Å². The van der Waals surface area contributed by atoms with Crippen LogP contribution < -0.4 is 0 Å². The van der Waals surface area contributed by atoms with Gasteiger partial charge in [-0.05, 0) is 37.1 Å². The van der Waals surface area contributed by atoms with Crippen LogP contribution in [0.3, 0.4) is 0 Å². The van der Waals surface area contributed by atoms with Crippen LogP contribution in [0, 0.1) is 12.7 Å². The average molecular weight is 353 g/mol. The summed E-state index contributed by atoms with van der Waals surface area (Å²) >= 11 is 0. The van der Waals surface area contributed by atoms with Crippen molar-refractivity contribution in [3.8, 4) is 11.4 Å². The van der Waals surface area contributed by atoms with Gasteiger partial charge in [0, 0.05) is 19.0 Å². The number of hydrogen-bond acceptors (Lipinski definition) is 4. The molecular weight excluding hydrogens is 333 g/mol. The zero-order chi connectivity index (χ0) is 18.5. The molecule has 2 aromatic carbocycles. The molecule has 0 bridgehead atoms. The van der Waals surface area contributed by atoms with E-state index in [1.54, 1.807) is 24.1 Å². The molecule has 6 heteroatoms. The zero-order valence-electron chi connectivity index (χ0n) is 14.8. The maximum Gasteiger partial charge on any atom is 0.246 e. The van der Waals surface area contributed by atoms with Crippen LogP contribution in [0.25, 0.3) is 11.4 Å². The number of carbonyl (C=O) groups excluding carboxylic acids is 1. The Labute approximate surface area is 151 Å². The van der Waals surface area contributed by atoms with Gasteiger partial charge in [-0.15, -0.1) is 0 Å². The molecule has 3 rings (SSSR count). The maximum absolute atomic E-state index is 12.9. The number of aryl methyl sites for hydroxylation is 2. The van der Waals surface area contributed by atoms with Crippen LogP contribution in [-0.2, 0) is 17.8 Å². The standard InChI is InChI=1S/C20H20FN3O2/c1-14-4-3-5-16(12-14)20-22-18(26-23-20)13-24(2)19(25)11-8-15-6-9-17(21)10-7-15/h3-7,9-10,12H,8,11,13H2,1-2H3. The van der Waals surface area contributed by atoms with Crippen molar-refractivity contribution in [1.29, 1.82) is 0 Å². The summed E-state index contributed by atoms with van der Waals surface area (Å²) in [6.45, 7) is 2.25. The minimum Gasteiger partial charge on any atom is -0.337 e. The van der Waals surface area contributed by atoms with Gasteiger partial charge < -0.3 is 9.42 Å². The summed E-state index contributed by atoms with van der Waals surface area (Å²) in [6, 6.07) is 14.0. The molecule has 0 saturated heterocycles. The van der Waals surface area contributed by atoms with E-state index in [2.05, 4.69) is 10.1 Å². The molecule has 0 atom stereocenters. The summed E-state index contributed by atoms with van der Waals surface area (Å²) in [7, 11) is 1.70. The van der Waals surface area contributed by atoms with E-state index in [1.165, 1.54) is 12.1 Å². The van der Waals surface area contributed by atoms with Crippen LogP contribution in [-0.4, -0.2) is 28.0 Å². The lowest BCUT2D eigenvalue weighted by molar-refractivity contribution is -0.130. The number of aromatic nitrogens is 2. The summed E-state index contributed by atoms with van der Waals surface area (Å²) < 4.78 is 18.2. The Hall–Kier alpha value is -3.02. The van der Waals surface area contributed by atoms with Crippen molar-refractivity contribution < 1.29 is 13.7 Å². The Balaban J connectivity index is 1.56. The van der Waals surface area contributed by atoms with Crippen LogP contribution >= 0.6 is 0 Å². The molecule has 0 N–H and O–H groups in total. The second-order valence-electron chi connectivity index (χ2n) is 6.26. The molecule has 0 radical (unpaired) electrons. The first-order valence-corrected chi connectivity index (χ1v) is 8.39. The summed E-state index contributed by atoms with van der Waals surface area (Å²) in [5.41, 5.74) is 2.92. The molecule has 3 aromatic rings. The van der Waals surface area contributed by atoms with Crippen molar-refractivity contribution >= 4 is 5.91 Å². The number of nitrogens with zero attached hydrogens (tertiary/aromatic N) is 3. The van der Waals surface area contributed by atoms with Gasteiger partial charge in [-0.1, -0.05) is 41.1 Å². The molecule has 0 fully saturated rings. The summed E-state index contributed by atoms with van der Waals surface area (Å²) in [5.74, 6) is 0.581. The third-order valence-corrected chi connectivity index (χ3v) is 4.08. The number of carbonyl (C=O) groups is 1. The van der Waals surface area contributed by atoms with Crippen molar-refractivity contribution in [3.63, 3.8) is 0 Å². The van der Waals surface area contributed by atoms with E-state index < -0.39 is 0 Å². The molecule has 1 heterocycles. The van der Waals surface area contributed by atoms with Gasteiger partial charge in [-0.2, -0.15) is 4.98 Å². The zero-order valence-corrected chi connectivity index (χ0v) is 14.8. The highest BCUT2D eigenvalue weighted by Crippen LogP contribution is 2.17. The molecule has 1 aromatic heterocycles. The molecule has 0 saturated carbocycles. The first-order valence-electron chi connectivity index (χ1n) is 8.39. The lowest BCUT2D eigenvalue weighted by Crippen LogP contribution is -2.26. The largest absolute Gasteiger partial charge is 0.337 e. The van der Waals surface area contributed by atoms with E-state index in [0.717, 1.165) is 16.7 Å². The molecule has 0 aliphatic rings. The normalized spacial score (nSPS) is 10.7. The summed E-state index contributed by atoms with van der Waals surface area (Å²) in [5, 5.41) is 3.98. The lowest BCUT2D eigenvalue weighted by Gasteiger charge is -2.14. The summed E-state index contributed by atoms with van der Waals surface area (Å²) in [6.07, 6.45) is 0.892. The molecule has 5 nitrogen and oxygen atoms in total. The number of rotatable bonds is 6. The molecule has 0 aliphatic heterocycles. The van der Waals surface area contributed by atoms with E-state index in [0.29, 0.717) is 24.6 Å². The Morgan fingerprint density at radius 3 is 2.69 bits per heavy atom. The molecule has 1 amide bonds. The van der Waals surface area contributed by atoms with E-state index in [4.69, 9.17) is 4.52 Å². The van der Waals surface area contributed by atoms with Crippen molar-refractivity contribution in [2.45, 2.75) is 26.3 Å². The number of hydrogen-bond donors (Lipinski definition) is 0. The molecule has 134 valence electrons. The van der Waals surface area contributed by atoms with E-state index in [1.807, 2.05) is 31.2 Å². The van der Waals surface area contributed by atoms with E-state index in [9.17, 15) is 9.18 Å². The fraction of sp³-hybridized carbons (Fsp3) is 0.250. The Morgan fingerprint density at radius 2 is 1.96 bits per heavy atom. The average Bonchev–Trinajstić information content (AvgIpc) is 3.09. The highest BCUT2D eigenvalue weighted by atomic mass is 19.1. The highest BCUT2D eigenvalue weighted by molar-refractivity contribution is 5.76. The Morgan fingerprint density at radius 1 is 1.19 bits per heavy atom. The number of benzene rings is 2. The molecular formula is C20H20FN3O2. The van der Waals surface area contributed by atoms with Gasteiger partial charge in [-0.3, -0.25) is 4.79 Å². The third kappa shape index (κ3) is 4.53. The van der Waals surface area contributed by atoms with Crippen LogP contribution in [0.15, 0.2) is 53.1 Å². The quantitative estimate of drug-likeness (QED) is 0.677. The van der Waals surface area contributed by atoms with Crippen LogP contribution in [0.4, 0.5) is 4.39 Å². The monoisotopic (exact) mass is 353 g/mol. The second-order valence-corrected chi connectivity index (χ2v) is 6.26. The van der Waals surface area contributed by atoms with Crippen molar-refractivity contribution in [2.24, 2.45) is 0 Å². The lowest BCUT2D eigenvalue weighted by atomic mass is 10.1.